The largest absolute Gasteiger partial charge is 0.477 e. The Hall–Kier alpha value is -2.07. The standard InChI is InChI=1S/C13H10ClNO3/c1-8-5-6-11(9(14)7-8)18-12-4-2-3-10(15-12)13(16)17/h2-7H,1H3,(H,16,17). The Kier molecular flexibility index (Phi) is 3.48. The van der Waals surface area contributed by atoms with E-state index in [4.69, 9.17) is 21.4 Å². The average Bonchev–Trinajstić information content (AvgIpc) is 2.33. The van der Waals surface area contributed by atoms with Gasteiger partial charge in [-0.3, -0.25) is 0 Å². The maximum absolute atomic E-state index is 10.8. The van der Waals surface area contributed by atoms with Crippen LogP contribution in [-0.2, 0) is 0 Å². The molecule has 0 saturated heterocycles. The molecular weight excluding hydrogens is 254 g/mol. The lowest BCUT2D eigenvalue weighted by atomic mass is 10.2. The molecule has 0 aliphatic carbocycles. The Labute approximate surface area is 109 Å². The molecule has 18 heavy (non-hydrogen) atoms. The van der Waals surface area contributed by atoms with E-state index in [1.807, 2.05) is 13.0 Å². The lowest BCUT2D eigenvalue weighted by molar-refractivity contribution is 0.0689. The fourth-order valence-electron chi connectivity index (χ4n) is 1.39. The van der Waals surface area contributed by atoms with Crippen LogP contribution in [0.25, 0.3) is 0 Å². The summed E-state index contributed by atoms with van der Waals surface area (Å²) in [5, 5.41) is 9.28. The first-order valence-electron chi connectivity index (χ1n) is 5.20. The molecule has 0 aliphatic heterocycles. The number of benzene rings is 1. The number of hydrogen-bond donors (Lipinski definition) is 1. The minimum absolute atomic E-state index is 0.0734. The van der Waals surface area contributed by atoms with Crippen molar-refractivity contribution < 1.29 is 14.6 Å². The number of aromatic carboxylic acids is 1. The van der Waals surface area contributed by atoms with Gasteiger partial charge in [0.25, 0.3) is 0 Å². The van der Waals surface area contributed by atoms with Crippen LogP contribution in [0.2, 0.25) is 5.02 Å². The van der Waals surface area contributed by atoms with Crippen LogP contribution < -0.4 is 4.74 Å². The van der Waals surface area contributed by atoms with Crippen molar-refractivity contribution in [3.63, 3.8) is 0 Å². The van der Waals surface area contributed by atoms with E-state index in [9.17, 15) is 4.79 Å². The van der Waals surface area contributed by atoms with Gasteiger partial charge >= 0.3 is 5.97 Å². The molecule has 92 valence electrons. The van der Waals surface area contributed by atoms with Crippen molar-refractivity contribution in [3.8, 4) is 11.6 Å². The van der Waals surface area contributed by atoms with Gasteiger partial charge in [-0.25, -0.2) is 9.78 Å². The van der Waals surface area contributed by atoms with Crippen LogP contribution in [0.15, 0.2) is 36.4 Å². The topological polar surface area (TPSA) is 59.4 Å². The van der Waals surface area contributed by atoms with E-state index in [0.29, 0.717) is 10.8 Å². The van der Waals surface area contributed by atoms with Gasteiger partial charge in [0.2, 0.25) is 5.88 Å². The second-order valence-corrected chi connectivity index (χ2v) is 4.11. The van der Waals surface area contributed by atoms with Crippen molar-refractivity contribution >= 4 is 17.6 Å². The summed E-state index contributed by atoms with van der Waals surface area (Å²) in [6.07, 6.45) is 0. The summed E-state index contributed by atoms with van der Waals surface area (Å²) in [5.74, 6) is -0.464. The number of nitrogens with zero attached hydrogens (tertiary/aromatic N) is 1. The van der Waals surface area contributed by atoms with E-state index in [0.717, 1.165) is 5.56 Å². The molecule has 0 aliphatic rings. The highest BCUT2D eigenvalue weighted by Crippen LogP contribution is 2.29. The minimum Gasteiger partial charge on any atom is -0.477 e. The van der Waals surface area contributed by atoms with Crippen molar-refractivity contribution in [1.82, 2.24) is 4.98 Å². The molecule has 4 nitrogen and oxygen atoms in total. The average molecular weight is 264 g/mol. The highest BCUT2D eigenvalue weighted by Gasteiger charge is 2.08. The number of hydrogen-bond acceptors (Lipinski definition) is 3. The smallest absolute Gasteiger partial charge is 0.354 e. The van der Waals surface area contributed by atoms with Crippen LogP contribution in [0.1, 0.15) is 16.1 Å². The van der Waals surface area contributed by atoms with Gasteiger partial charge in [-0.15, -0.1) is 0 Å². The van der Waals surface area contributed by atoms with E-state index < -0.39 is 5.97 Å². The molecule has 2 aromatic rings. The summed E-state index contributed by atoms with van der Waals surface area (Å²) in [7, 11) is 0. The van der Waals surface area contributed by atoms with Crippen molar-refractivity contribution in [2.45, 2.75) is 6.92 Å². The number of aromatic nitrogens is 1. The van der Waals surface area contributed by atoms with Gasteiger partial charge in [0.15, 0.2) is 5.69 Å². The maximum atomic E-state index is 10.8. The third kappa shape index (κ3) is 2.78. The van der Waals surface area contributed by atoms with Gasteiger partial charge < -0.3 is 9.84 Å². The molecule has 0 radical (unpaired) electrons. The molecule has 1 aromatic heterocycles. The summed E-state index contributed by atoms with van der Waals surface area (Å²) in [4.78, 5) is 14.6. The van der Waals surface area contributed by atoms with Crippen LogP contribution in [0.4, 0.5) is 0 Å². The van der Waals surface area contributed by atoms with Crippen LogP contribution in [0, 0.1) is 6.92 Å². The molecule has 0 atom stereocenters. The summed E-state index contributed by atoms with van der Waals surface area (Å²) in [5.41, 5.74) is 0.940. The second kappa shape index (κ2) is 5.06. The van der Waals surface area contributed by atoms with Crippen molar-refractivity contribution in [2.75, 3.05) is 0 Å². The molecule has 0 amide bonds. The molecule has 1 aromatic carbocycles. The molecular formula is C13H10ClNO3. The molecule has 0 spiro atoms. The summed E-state index contributed by atoms with van der Waals surface area (Å²) < 4.78 is 5.45. The maximum Gasteiger partial charge on any atom is 0.354 e. The number of ether oxygens (including phenoxy) is 1. The third-order valence-corrected chi connectivity index (χ3v) is 2.54. The SMILES string of the molecule is Cc1ccc(Oc2cccc(C(=O)O)n2)c(Cl)c1. The first-order chi connectivity index (χ1) is 8.56. The molecule has 1 heterocycles. The van der Waals surface area contributed by atoms with Gasteiger partial charge in [0.05, 0.1) is 5.02 Å². The molecule has 0 saturated carbocycles. The Balaban J connectivity index is 2.28. The normalized spacial score (nSPS) is 10.1. The zero-order valence-electron chi connectivity index (χ0n) is 9.55. The quantitative estimate of drug-likeness (QED) is 0.920. The number of carboxylic acid groups (broad SMARTS) is 1. The van der Waals surface area contributed by atoms with Gasteiger partial charge in [0, 0.05) is 6.07 Å². The monoisotopic (exact) mass is 263 g/mol. The molecule has 0 unspecified atom stereocenters. The Morgan fingerprint density at radius 2 is 2.11 bits per heavy atom. The number of halogens is 1. The number of aryl methyl sites for hydroxylation is 1. The Bertz CT molecular complexity index is 599. The Morgan fingerprint density at radius 3 is 2.78 bits per heavy atom. The van der Waals surface area contributed by atoms with Crippen molar-refractivity contribution in [3.05, 3.63) is 52.7 Å². The van der Waals surface area contributed by atoms with Crippen LogP contribution in [0.5, 0.6) is 11.6 Å². The van der Waals surface area contributed by atoms with Gasteiger partial charge in [0.1, 0.15) is 5.75 Å². The molecule has 2 rings (SSSR count). The van der Waals surface area contributed by atoms with Crippen molar-refractivity contribution in [2.24, 2.45) is 0 Å². The zero-order chi connectivity index (χ0) is 13.1. The van der Waals surface area contributed by atoms with Crippen molar-refractivity contribution in [1.29, 1.82) is 0 Å². The molecule has 5 heteroatoms. The van der Waals surface area contributed by atoms with E-state index in [1.165, 1.54) is 6.07 Å². The first kappa shape index (κ1) is 12.4. The zero-order valence-corrected chi connectivity index (χ0v) is 10.3. The van der Waals surface area contributed by atoms with Crippen LogP contribution in [-0.4, -0.2) is 16.1 Å². The fourth-order valence-corrected chi connectivity index (χ4v) is 1.67. The van der Waals surface area contributed by atoms with Crippen LogP contribution >= 0.6 is 11.6 Å². The molecule has 0 bridgehead atoms. The Morgan fingerprint density at radius 1 is 1.33 bits per heavy atom. The lowest BCUT2D eigenvalue weighted by Gasteiger charge is -2.07. The minimum atomic E-state index is -1.10. The molecule has 0 fully saturated rings. The molecule has 1 N–H and O–H groups in total. The van der Waals surface area contributed by atoms with E-state index >= 15 is 0 Å². The predicted octanol–water partition coefficient (Wildman–Crippen LogP) is 3.53. The number of carboxylic acids is 1. The number of rotatable bonds is 3. The summed E-state index contributed by atoms with van der Waals surface area (Å²) in [6.45, 7) is 1.92. The van der Waals surface area contributed by atoms with E-state index in [2.05, 4.69) is 4.98 Å². The van der Waals surface area contributed by atoms with Gasteiger partial charge in [-0.2, -0.15) is 0 Å². The van der Waals surface area contributed by atoms with E-state index in [1.54, 1.807) is 24.3 Å². The van der Waals surface area contributed by atoms with E-state index in [-0.39, 0.29) is 11.6 Å². The highest BCUT2D eigenvalue weighted by atomic mass is 35.5. The third-order valence-electron chi connectivity index (χ3n) is 2.24. The lowest BCUT2D eigenvalue weighted by Crippen LogP contribution is -2.00. The van der Waals surface area contributed by atoms with Gasteiger partial charge in [-0.05, 0) is 30.7 Å². The summed E-state index contributed by atoms with van der Waals surface area (Å²) in [6, 6.07) is 9.86. The number of carbonyl (C=O) groups is 1. The fraction of sp³-hybridized carbons (Fsp3) is 0.0769. The second-order valence-electron chi connectivity index (χ2n) is 3.70. The van der Waals surface area contributed by atoms with Crippen LogP contribution in [0.3, 0.4) is 0 Å². The first-order valence-corrected chi connectivity index (χ1v) is 5.58. The highest BCUT2D eigenvalue weighted by molar-refractivity contribution is 6.32. The predicted molar refractivity (Wildman–Crippen MR) is 67.5 cm³/mol. The summed E-state index contributed by atoms with van der Waals surface area (Å²) >= 11 is 6.01. The van der Waals surface area contributed by atoms with Gasteiger partial charge in [-0.1, -0.05) is 23.7 Å². The number of pyridine rings is 1.